The second-order valence-corrected chi connectivity index (χ2v) is 5.25. The van der Waals surface area contributed by atoms with Crippen molar-refractivity contribution < 1.29 is 9.47 Å². The molecule has 2 aromatic rings. The molecule has 1 unspecified atom stereocenters. The van der Waals surface area contributed by atoms with Crippen LogP contribution in [-0.2, 0) is 6.42 Å². The molecule has 0 fully saturated rings. The monoisotopic (exact) mass is 283 g/mol. The minimum Gasteiger partial charge on any atom is -0.493 e. The van der Waals surface area contributed by atoms with E-state index >= 15 is 0 Å². The maximum absolute atomic E-state index is 5.89. The summed E-state index contributed by atoms with van der Waals surface area (Å²) in [6.07, 6.45) is 2.19. The molecule has 0 aromatic heterocycles. The molecule has 3 heteroatoms. The van der Waals surface area contributed by atoms with Crippen LogP contribution in [-0.4, -0.2) is 20.3 Å². The first-order valence-corrected chi connectivity index (χ1v) is 7.48. The zero-order valence-corrected chi connectivity index (χ0v) is 12.3. The Balaban J connectivity index is 1.77. The largest absolute Gasteiger partial charge is 0.493 e. The van der Waals surface area contributed by atoms with Gasteiger partial charge in [0, 0.05) is 5.56 Å². The van der Waals surface area contributed by atoms with E-state index in [1.54, 1.807) is 0 Å². The Morgan fingerprint density at radius 1 is 1.14 bits per heavy atom. The summed E-state index contributed by atoms with van der Waals surface area (Å²) in [7, 11) is 1.96. The molecule has 1 N–H and O–H groups in total. The van der Waals surface area contributed by atoms with Gasteiger partial charge in [-0.2, -0.15) is 0 Å². The third-order valence-corrected chi connectivity index (χ3v) is 3.85. The first-order chi connectivity index (χ1) is 10.4. The average Bonchev–Trinajstić information content (AvgIpc) is 2.56. The molecule has 0 bridgehead atoms. The van der Waals surface area contributed by atoms with Gasteiger partial charge in [0.25, 0.3) is 0 Å². The van der Waals surface area contributed by atoms with Gasteiger partial charge in [-0.25, -0.2) is 0 Å². The number of para-hydroxylation sites is 2. The molecule has 0 amide bonds. The molecule has 3 rings (SSSR count). The van der Waals surface area contributed by atoms with Gasteiger partial charge >= 0.3 is 0 Å². The molecular formula is C18H21NO2. The van der Waals surface area contributed by atoms with Crippen molar-refractivity contribution in [2.24, 2.45) is 0 Å². The quantitative estimate of drug-likeness (QED) is 0.913. The van der Waals surface area contributed by atoms with Gasteiger partial charge in [0.1, 0.15) is 18.1 Å². The third-order valence-electron chi connectivity index (χ3n) is 3.85. The Morgan fingerprint density at radius 3 is 2.81 bits per heavy atom. The smallest absolute Gasteiger partial charge is 0.127 e. The Kier molecular flexibility index (Phi) is 4.41. The van der Waals surface area contributed by atoms with Crippen molar-refractivity contribution in [2.45, 2.75) is 18.9 Å². The van der Waals surface area contributed by atoms with Gasteiger partial charge in [-0.3, -0.25) is 0 Å². The van der Waals surface area contributed by atoms with Gasteiger partial charge in [-0.1, -0.05) is 36.4 Å². The summed E-state index contributed by atoms with van der Waals surface area (Å²) in [5.74, 6) is 1.93. The molecule has 0 spiro atoms. The fourth-order valence-electron chi connectivity index (χ4n) is 2.71. The van der Waals surface area contributed by atoms with Crippen LogP contribution >= 0.6 is 0 Å². The molecule has 3 nitrogen and oxygen atoms in total. The Hall–Kier alpha value is -2.00. The average molecular weight is 283 g/mol. The Labute approximate surface area is 125 Å². The zero-order valence-electron chi connectivity index (χ0n) is 12.3. The highest BCUT2D eigenvalue weighted by Crippen LogP contribution is 2.33. The van der Waals surface area contributed by atoms with Crippen LogP contribution in [0.2, 0.25) is 0 Å². The molecule has 1 atom stereocenters. The lowest BCUT2D eigenvalue weighted by molar-refractivity contribution is 0.254. The molecule has 110 valence electrons. The summed E-state index contributed by atoms with van der Waals surface area (Å²) in [5, 5.41) is 3.33. The number of rotatable bonds is 5. The number of ether oxygens (including phenoxy) is 2. The molecule has 21 heavy (non-hydrogen) atoms. The minimum absolute atomic E-state index is 0.123. The predicted octanol–water partition coefficient (Wildman–Crippen LogP) is 3.35. The van der Waals surface area contributed by atoms with Gasteiger partial charge < -0.3 is 14.8 Å². The van der Waals surface area contributed by atoms with Crippen molar-refractivity contribution in [3.8, 4) is 11.5 Å². The fraction of sp³-hybridized carbons (Fsp3) is 0.333. The van der Waals surface area contributed by atoms with E-state index in [9.17, 15) is 0 Å². The number of nitrogens with one attached hydrogen (secondary N) is 1. The van der Waals surface area contributed by atoms with E-state index in [0.717, 1.165) is 30.9 Å². The number of hydrogen-bond acceptors (Lipinski definition) is 3. The molecule has 1 aliphatic rings. The summed E-state index contributed by atoms with van der Waals surface area (Å²) in [4.78, 5) is 0. The molecule has 0 saturated carbocycles. The highest BCUT2D eigenvalue weighted by molar-refractivity contribution is 5.44. The summed E-state index contributed by atoms with van der Waals surface area (Å²) < 4.78 is 11.8. The van der Waals surface area contributed by atoms with E-state index in [1.165, 1.54) is 11.1 Å². The van der Waals surface area contributed by atoms with Gasteiger partial charge in [0.2, 0.25) is 0 Å². The van der Waals surface area contributed by atoms with Crippen LogP contribution in [0.1, 0.15) is 23.6 Å². The first kappa shape index (κ1) is 14.0. The van der Waals surface area contributed by atoms with Crippen LogP contribution in [0, 0.1) is 0 Å². The maximum Gasteiger partial charge on any atom is 0.127 e. The first-order valence-electron chi connectivity index (χ1n) is 7.48. The molecule has 0 aliphatic carbocycles. The lowest BCUT2D eigenvalue weighted by atomic mass is 9.98. The third kappa shape index (κ3) is 3.19. The lowest BCUT2D eigenvalue weighted by Crippen LogP contribution is -2.25. The number of hydrogen-bond donors (Lipinski definition) is 1. The van der Waals surface area contributed by atoms with Crippen LogP contribution in [0.4, 0.5) is 0 Å². The van der Waals surface area contributed by atoms with Gasteiger partial charge in [0.05, 0.1) is 12.6 Å². The van der Waals surface area contributed by atoms with Crippen LogP contribution in [0.3, 0.4) is 0 Å². The standard InChI is InChI=1S/C18H21NO2/c1-19-17(13-21-15-9-3-2-4-10-15)16-11-5-7-14-8-6-12-20-18(14)16/h2-5,7,9-11,17,19H,6,8,12-13H2,1H3. The number of benzene rings is 2. The van der Waals surface area contributed by atoms with Crippen LogP contribution in [0.15, 0.2) is 48.5 Å². The van der Waals surface area contributed by atoms with Crippen molar-refractivity contribution in [3.63, 3.8) is 0 Å². The van der Waals surface area contributed by atoms with E-state index in [1.807, 2.05) is 37.4 Å². The van der Waals surface area contributed by atoms with E-state index in [-0.39, 0.29) is 6.04 Å². The predicted molar refractivity (Wildman–Crippen MR) is 84.0 cm³/mol. The normalized spacial score (nSPS) is 14.9. The van der Waals surface area contributed by atoms with E-state index < -0.39 is 0 Å². The highest BCUT2D eigenvalue weighted by atomic mass is 16.5. The molecule has 2 aromatic carbocycles. The maximum atomic E-state index is 5.89. The topological polar surface area (TPSA) is 30.5 Å². The minimum atomic E-state index is 0.123. The molecule has 0 saturated heterocycles. The summed E-state index contributed by atoms with van der Waals surface area (Å²) >= 11 is 0. The Morgan fingerprint density at radius 2 is 2.00 bits per heavy atom. The Bertz CT molecular complexity index is 583. The van der Waals surface area contributed by atoms with Crippen LogP contribution in [0.5, 0.6) is 11.5 Å². The van der Waals surface area contributed by atoms with E-state index in [0.29, 0.717) is 6.61 Å². The number of aryl methyl sites for hydroxylation is 1. The van der Waals surface area contributed by atoms with Gasteiger partial charge in [-0.05, 0) is 37.6 Å². The lowest BCUT2D eigenvalue weighted by Gasteiger charge is -2.25. The number of fused-ring (bicyclic) bond motifs is 1. The number of likely N-dealkylation sites (N-methyl/N-ethyl adjacent to an activating group) is 1. The van der Waals surface area contributed by atoms with Crippen LogP contribution in [0.25, 0.3) is 0 Å². The highest BCUT2D eigenvalue weighted by Gasteiger charge is 2.20. The summed E-state index contributed by atoms with van der Waals surface area (Å²) in [5.41, 5.74) is 2.49. The zero-order chi connectivity index (χ0) is 14.5. The van der Waals surface area contributed by atoms with Gasteiger partial charge in [-0.15, -0.1) is 0 Å². The molecular weight excluding hydrogens is 262 g/mol. The summed E-state index contributed by atoms with van der Waals surface area (Å²) in [6.45, 7) is 1.39. The van der Waals surface area contributed by atoms with Crippen molar-refractivity contribution >= 4 is 0 Å². The second-order valence-electron chi connectivity index (χ2n) is 5.25. The second kappa shape index (κ2) is 6.64. The molecule has 0 radical (unpaired) electrons. The van der Waals surface area contributed by atoms with Crippen molar-refractivity contribution in [1.29, 1.82) is 0 Å². The van der Waals surface area contributed by atoms with E-state index in [4.69, 9.17) is 9.47 Å². The van der Waals surface area contributed by atoms with E-state index in [2.05, 4.69) is 23.5 Å². The van der Waals surface area contributed by atoms with Gasteiger partial charge in [0.15, 0.2) is 0 Å². The summed E-state index contributed by atoms with van der Waals surface area (Å²) in [6, 6.07) is 16.4. The SMILES string of the molecule is CNC(COc1ccccc1)c1cccc2c1OCCC2. The van der Waals surface area contributed by atoms with Crippen molar-refractivity contribution in [3.05, 3.63) is 59.7 Å². The van der Waals surface area contributed by atoms with Crippen molar-refractivity contribution in [1.82, 2.24) is 5.32 Å². The fourth-order valence-corrected chi connectivity index (χ4v) is 2.71. The van der Waals surface area contributed by atoms with Crippen molar-refractivity contribution in [2.75, 3.05) is 20.3 Å². The molecule has 1 heterocycles. The molecule has 1 aliphatic heterocycles. The van der Waals surface area contributed by atoms with Crippen LogP contribution < -0.4 is 14.8 Å².